The minimum Gasteiger partial charge on any atom is -0.297 e. The molecule has 0 radical (unpaired) electrons. The quantitative estimate of drug-likeness (QED) is 0.744. The average Bonchev–Trinajstić information content (AvgIpc) is 2.77. The molecule has 84 valence electrons. The van der Waals surface area contributed by atoms with Gasteiger partial charge in [0.1, 0.15) is 0 Å². The van der Waals surface area contributed by atoms with E-state index in [1.54, 1.807) is 24.7 Å². The number of rotatable bonds is 1. The van der Waals surface area contributed by atoms with Crippen LogP contribution in [0.5, 0.6) is 0 Å². The van der Waals surface area contributed by atoms with Crippen LogP contribution in [0.4, 0.5) is 0 Å². The first-order chi connectivity index (χ1) is 8.24. The SMILES string of the molecule is O=c1cc(-c2cncc(Br)c2)nc2cc[nH]n12. The average molecular weight is 291 g/mol. The van der Waals surface area contributed by atoms with Crippen LogP contribution in [-0.2, 0) is 0 Å². The Hall–Kier alpha value is -1.95. The van der Waals surface area contributed by atoms with Crippen LogP contribution in [0.15, 0.2) is 46.1 Å². The predicted molar refractivity (Wildman–Crippen MR) is 66.7 cm³/mol. The van der Waals surface area contributed by atoms with Crippen LogP contribution in [0.1, 0.15) is 0 Å². The molecule has 0 unspecified atom stereocenters. The van der Waals surface area contributed by atoms with Crippen molar-refractivity contribution in [3.63, 3.8) is 0 Å². The van der Waals surface area contributed by atoms with Crippen molar-refractivity contribution in [3.8, 4) is 11.3 Å². The van der Waals surface area contributed by atoms with Crippen molar-refractivity contribution in [1.82, 2.24) is 19.6 Å². The number of aromatic nitrogens is 4. The van der Waals surface area contributed by atoms with Crippen LogP contribution in [-0.4, -0.2) is 19.6 Å². The molecule has 17 heavy (non-hydrogen) atoms. The van der Waals surface area contributed by atoms with E-state index in [0.29, 0.717) is 11.3 Å². The molecule has 0 aromatic carbocycles. The third-order valence-corrected chi connectivity index (χ3v) is 2.82. The molecule has 0 saturated heterocycles. The summed E-state index contributed by atoms with van der Waals surface area (Å²) in [4.78, 5) is 20.2. The normalized spacial score (nSPS) is 10.9. The molecule has 3 rings (SSSR count). The Labute approximate surface area is 104 Å². The lowest BCUT2D eigenvalue weighted by Gasteiger charge is -2.01. The third-order valence-electron chi connectivity index (χ3n) is 2.38. The summed E-state index contributed by atoms with van der Waals surface area (Å²) < 4.78 is 2.24. The standard InChI is InChI=1S/C11H7BrN4O/c12-8-3-7(5-13-6-8)9-4-11(17)16-10(15-9)1-2-14-16/h1-6,14H. The summed E-state index contributed by atoms with van der Waals surface area (Å²) in [7, 11) is 0. The van der Waals surface area contributed by atoms with Crippen molar-refractivity contribution >= 4 is 21.6 Å². The van der Waals surface area contributed by atoms with Crippen LogP contribution in [0.3, 0.4) is 0 Å². The maximum Gasteiger partial charge on any atom is 0.273 e. The third kappa shape index (κ3) is 1.76. The highest BCUT2D eigenvalue weighted by molar-refractivity contribution is 9.10. The van der Waals surface area contributed by atoms with E-state index in [1.165, 1.54) is 10.6 Å². The van der Waals surface area contributed by atoms with Gasteiger partial charge in [0.05, 0.1) is 5.69 Å². The molecule has 0 bridgehead atoms. The highest BCUT2D eigenvalue weighted by Gasteiger charge is 2.05. The number of H-pyrrole nitrogens is 1. The van der Waals surface area contributed by atoms with Crippen molar-refractivity contribution in [3.05, 3.63) is 51.6 Å². The zero-order valence-electron chi connectivity index (χ0n) is 8.59. The van der Waals surface area contributed by atoms with Crippen LogP contribution in [0.2, 0.25) is 0 Å². The molecule has 0 spiro atoms. The van der Waals surface area contributed by atoms with E-state index >= 15 is 0 Å². The lowest BCUT2D eigenvalue weighted by Crippen LogP contribution is -2.14. The van der Waals surface area contributed by atoms with Gasteiger partial charge < -0.3 is 0 Å². The Morgan fingerprint density at radius 2 is 2.18 bits per heavy atom. The van der Waals surface area contributed by atoms with Crippen LogP contribution in [0.25, 0.3) is 16.9 Å². The lowest BCUT2D eigenvalue weighted by atomic mass is 10.2. The van der Waals surface area contributed by atoms with Crippen LogP contribution >= 0.6 is 15.9 Å². The fourth-order valence-electron chi connectivity index (χ4n) is 1.63. The van der Waals surface area contributed by atoms with E-state index < -0.39 is 0 Å². The van der Waals surface area contributed by atoms with Gasteiger partial charge in [0.2, 0.25) is 0 Å². The van der Waals surface area contributed by atoms with E-state index in [9.17, 15) is 4.79 Å². The first-order valence-electron chi connectivity index (χ1n) is 4.92. The number of fused-ring (bicyclic) bond motifs is 1. The van der Waals surface area contributed by atoms with Gasteiger partial charge in [-0.2, -0.15) is 0 Å². The number of nitrogens with zero attached hydrogens (tertiary/aromatic N) is 3. The summed E-state index contributed by atoms with van der Waals surface area (Å²) in [5.41, 5.74) is 1.87. The molecule has 0 aliphatic rings. The van der Waals surface area contributed by atoms with Gasteiger partial charge in [-0.05, 0) is 22.0 Å². The molecule has 3 aromatic heterocycles. The molecule has 0 aliphatic heterocycles. The molecule has 0 atom stereocenters. The van der Waals surface area contributed by atoms with E-state index in [1.807, 2.05) is 6.07 Å². The Morgan fingerprint density at radius 3 is 3.00 bits per heavy atom. The number of hydrogen-bond acceptors (Lipinski definition) is 3. The van der Waals surface area contributed by atoms with Crippen LogP contribution in [0, 0.1) is 0 Å². The maximum absolute atomic E-state index is 11.8. The summed E-state index contributed by atoms with van der Waals surface area (Å²) in [5.74, 6) is 0. The monoisotopic (exact) mass is 290 g/mol. The first-order valence-corrected chi connectivity index (χ1v) is 5.71. The van der Waals surface area contributed by atoms with E-state index in [0.717, 1.165) is 10.0 Å². The smallest absolute Gasteiger partial charge is 0.273 e. The molecule has 6 heteroatoms. The first kappa shape index (κ1) is 10.2. The molecule has 0 aliphatic carbocycles. The van der Waals surface area contributed by atoms with Crippen molar-refractivity contribution < 1.29 is 0 Å². The fourth-order valence-corrected chi connectivity index (χ4v) is 1.99. The van der Waals surface area contributed by atoms with Gasteiger partial charge in [-0.15, -0.1) is 0 Å². The molecule has 0 amide bonds. The fraction of sp³-hybridized carbons (Fsp3) is 0. The highest BCUT2D eigenvalue weighted by atomic mass is 79.9. The molecule has 0 saturated carbocycles. The second kappa shape index (κ2) is 3.81. The summed E-state index contributed by atoms with van der Waals surface area (Å²) in [6, 6.07) is 5.10. The number of halogens is 1. The molecular formula is C11H7BrN4O. The minimum atomic E-state index is -0.144. The zero-order chi connectivity index (χ0) is 11.8. The van der Waals surface area contributed by atoms with Gasteiger partial charge in [-0.1, -0.05) is 0 Å². The Balaban J connectivity index is 2.27. The second-order valence-corrected chi connectivity index (χ2v) is 4.44. The summed E-state index contributed by atoms with van der Waals surface area (Å²) in [6.45, 7) is 0. The molecule has 1 N–H and O–H groups in total. The van der Waals surface area contributed by atoms with Gasteiger partial charge in [-0.25, -0.2) is 9.50 Å². The summed E-state index contributed by atoms with van der Waals surface area (Å²) >= 11 is 3.34. The highest BCUT2D eigenvalue weighted by Crippen LogP contribution is 2.19. The number of pyridine rings is 1. The van der Waals surface area contributed by atoms with Crippen molar-refractivity contribution in [2.75, 3.05) is 0 Å². The number of hydrogen-bond donors (Lipinski definition) is 1. The van der Waals surface area contributed by atoms with E-state index in [-0.39, 0.29) is 5.56 Å². The van der Waals surface area contributed by atoms with Gasteiger partial charge in [0, 0.05) is 40.8 Å². The zero-order valence-corrected chi connectivity index (χ0v) is 10.2. The van der Waals surface area contributed by atoms with Gasteiger partial charge in [-0.3, -0.25) is 14.9 Å². The van der Waals surface area contributed by atoms with Crippen molar-refractivity contribution in [2.24, 2.45) is 0 Å². The predicted octanol–water partition coefficient (Wildman–Crippen LogP) is 1.85. The van der Waals surface area contributed by atoms with Gasteiger partial charge in [0.15, 0.2) is 5.65 Å². The largest absolute Gasteiger partial charge is 0.297 e. The number of aromatic amines is 1. The Bertz CT molecular complexity index is 746. The topological polar surface area (TPSA) is 63.0 Å². The summed E-state index contributed by atoms with van der Waals surface area (Å²) in [5, 5.41) is 2.79. The Kier molecular flexibility index (Phi) is 2.29. The van der Waals surface area contributed by atoms with E-state index in [2.05, 4.69) is 31.0 Å². The van der Waals surface area contributed by atoms with Crippen molar-refractivity contribution in [2.45, 2.75) is 0 Å². The summed E-state index contributed by atoms with van der Waals surface area (Å²) in [6.07, 6.45) is 5.04. The molecule has 3 aromatic rings. The molecular weight excluding hydrogens is 284 g/mol. The van der Waals surface area contributed by atoms with E-state index in [4.69, 9.17) is 0 Å². The number of nitrogens with one attached hydrogen (secondary N) is 1. The minimum absolute atomic E-state index is 0.144. The lowest BCUT2D eigenvalue weighted by molar-refractivity contribution is 0.901. The maximum atomic E-state index is 11.8. The molecule has 5 nitrogen and oxygen atoms in total. The van der Waals surface area contributed by atoms with Gasteiger partial charge >= 0.3 is 0 Å². The second-order valence-electron chi connectivity index (χ2n) is 3.53. The van der Waals surface area contributed by atoms with Gasteiger partial charge in [0.25, 0.3) is 5.56 Å². The Morgan fingerprint density at radius 1 is 1.29 bits per heavy atom. The van der Waals surface area contributed by atoms with Crippen LogP contribution < -0.4 is 5.56 Å². The molecule has 0 fully saturated rings. The van der Waals surface area contributed by atoms with Crippen molar-refractivity contribution in [1.29, 1.82) is 0 Å². The molecule has 3 heterocycles.